The van der Waals surface area contributed by atoms with Crippen LogP contribution in [0.15, 0.2) is 53.0 Å². The molecule has 0 aromatic heterocycles. The van der Waals surface area contributed by atoms with Gasteiger partial charge in [0.1, 0.15) is 18.5 Å². The first-order valence-electron chi connectivity index (χ1n) is 6.23. The summed E-state index contributed by atoms with van der Waals surface area (Å²) in [7, 11) is 0. The summed E-state index contributed by atoms with van der Waals surface area (Å²) in [6.45, 7) is 0.116. The number of hydrogen-bond donors (Lipinski definition) is 1. The second-order valence-electron chi connectivity index (χ2n) is 4.33. The molecule has 1 N–H and O–H groups in total. The minimum absolute atomic E-state index is 0.0727. The van der Waals surface area contributed by atoms with Gasteiger partial charge in [0.25, 0.3) is 0 Å². The minimum atomic E-state index is -0.757. The van der Waals surface area contributed by atoms with Crippen LogP contribution in [-0.4, -0.2) is 17.8 Å². The molecule has 0 unspecified atom stereocenters. The van der Waals surface area contributed by atoms with Crippen molar-refractivity contribution in [2.75, 3.05) is 6.61 Å². The predicted octanol–water partition coefficient (Wildman–Crippen LogP) is 3.77. The molecule has 2 aromatic rings. The van der Waals surface area contributed by atoms with Crippen molar-refractivity contribution in [2.45, 2.75) is 12.5 Å². The van der Waals surface area contributed by atoms with E-state index in [-0.39, 0.29) is 13.0 Å². The van der Waals surface area contributed by atoms with Crippen LogP contribution >= 0.6 is 15.9 Å². The summed E-state index contributed by atoms with van der Waals surface area (Å²) in [4.78, 5) is 0. The largest absolute Gasteiger partial charge is 0.491 e. The van der Waals surface area contributed by atoms with Gasteiger partial charge in [0.2, 0.25) is 0 Å². The van der Waals surface area contributed by atoms with E-state index in [0.717, 1.165) is 15.6 Å². The second kappa shape index (κ2) is 7.09. The molecule has 0 saturated heterocycles. The maximum absolute atomic E-state index is 9.45. The number of hydrogen-bond acceptors (Lipinski definition) is 3. The van der Waals surface area contributed by atoms with Gasteiger partial charge in [-0.25, -0.2) is 0 Å². The smallest absolute Gasteiger partial charge is 0.120 e. The lowest BCUT2D eigenvalue weighted by atomic mass is 10.1. The van der Waals surface area contributed by atoms with Crippen LogP contribution in [0.25, 0.3) is 11.1 Å². The zero-order valence-electron chi connectivity index (χ0n) is 10.8. The van der Waals surface area contributed by atoms with E-state index in [1.54, 1.807) is 0 Å². The quantitative estimate of drug-likeness (QED) is 0.907. The highest BCUT2D eigenvalue weighted by Crippen LogP contribution is 2.31. The molecule has 102 valence electrons. The normalized spacial score (nSPS) is 11.7. The van der Waals surface area contributed by atoms with Gasteiger partial charge in [-0.3, -0.25) is 0 Å². The molecule has 0 spiro atoms. The topological polar surface area (TPSA) is 53.2 Å². The van der Waals surface area contributed by atoms with Crippen molar-refractivity contribution in [3.8, 4) is 22.9 Å². The van der Waals surface area contributed by atoms with Crippen LogP contribution in [0.5, 0.6) is 5.75 Å². The maximum atomic E-state index is 9.45. The van der Waals surface area contributed by atoms with E-state index in [2.05, 4.69) is 15.9 Å². The maximum Gasteiger partial charge on any atom is 0.120 e. The van der Waals surface area contributed by atoms with Gasteiger partial charge < -0.3 is 9.84 Å². The predicted molar refractivity (Wildman–Crippen MR) is 81.3 cm³/mol. The Morgan fingerprint density at radius 3 is 2.60 bits per heavy atom. The number of nitriles is 1. The Kier molecular flexibility index (Phi) is 5.16. The molecule has 0 fully saturated rings. The van der Waals surface area contributed by atoms with E-state index in [0.29, 0.717) is 5.75 Å². The molecule has 4 heteroatoms. The fraction of sp³-hybridized carbons (Fsp3) is 0.188. The first kappa shape index (κ1) is 14.6. The number of rotatable bonds is 5. The lowest BCUT2D eigenvalue weighted by molar-refractivity contribution is 0.111. The summed E-state index contributed by atoms with van der Waals surface area (Å²) in [5, 5.41) is 17.9. The van der Waals surface area contributed by atoms with Crippen LogP contribution in [-0.2, 0) is 0 Å². The molecule has 0 saturated carbocycles. The van der Waals surface area contributed by atoms with Gasteiger partial charge in [-0.2, -0.15) is 5.26 Å². The zero-order valence-corrected chi connectivity index (χ0v) is 12.4. The van der Waals surface area contributed by atoms with Gasteiger partial charge in [-0.1, -0.05) is 46.3 Å². The van der Waals surface area contributed by atoms with Crippen molar-refractivity contribution >= 4 is 15.9 Å². The minimum Gasteiger partial charge on any atom is -0.491 e. The molecule has 0 aliphatic carbocycles. The third-order valence-electron chi connectivity index (χ3n) is 2.79. The molecule has 20 heavy (non-hydrogen) atoms. The van der Waals surface area contributed by atoms with E-state index < -0.39 is 6.10 Å². The fourth-order valence-corrected chi connectivity index (χ4v) is 2.38. The number of halogens is 1. The number of ether oxygens (including phenoxy) is 1. The molecular weight excluding hydrogens is 318 g/mol. The molecule has 0 amide bonds. The highest BCUT2D eigenvalue weighted by atomic mass is 79.9. The van der Waals surface area contributed by atoms with Crippen molar-refractivity contribution in [2.24, 2.45) is 0 Å². The molecule has 2 rings (SSSR count). The van der Waals surface area contributed by atoms with Gasteiger partial charge >= 0.3 is 0 Å². The molecule has 0 radical (unpaired) electrons. The molecule has 1 atom stereocenters. The van der Waals surface area contributed by atoms with E-state index in [4.69, 9.17) is 10.00 Å². The number of nitrogens with zero attached hydrogens (tertiary/aromatic N) is 1. The molecule has 0 heterocycles. The Labute approximate surface area is 126 Å². The van der Waals surface area contributed by atoms with Gasteiger partial charge in [-0.15, -0.1) is 0 Å². The van der Waals surface area contributed by atoms with E-state index >= 15 is 0 Å². The Morgan fingerprint density at radius 2 is 1.95 bits per heavy atom. The van der Waals surface area contributed by atoms with Crippen LogP contribution in [0.2, 0.25) is 0 Å². The van der Waals surface area contributed by atoms with Crippen molar-refractivity contribution in [1.82, 2.24) is 0 Å². The van der Waals surface area contributed by atoms with Crippen molar-refractivity contribution in [3.63, 3.8) is 0 Å². The standard InChI is InChI=1S/C16H14BrNO2/c17-16-10-14(20-11-13(19)8-9-18)6-7-15(16)12-4-2-1-3-5-12/h1-7,10,13,19H,8,11H2/t13-/m1/s1. The SMILES string of the molecule is N#CC[C@@H](O)COc1ccc(-c2ccccc2)c(Br)c1. The summed E-state index contributed by atoms with van der Waals surface area (Å²) in [6.07, 6.45) is -0.684. The first-order chi connectivity index (χ1) is 9.70. The zero-order chi connectivity index (χ0) is 14.4. The molecule has 0 aliphatic rings. The van der Waals surface area contributed by atoms with E-state index in [9.17, 15) is 5.11 Å². The van der Waals surface area contributed by atoms with Gasteiger partial charge in [-0.05, 0) is 29.3 Å². The number of aliphatic hydroxyl groups excluding tert-OH is 1. The van der Waals surface area contributed by atoms with Crippen LogP contribution in [0.4, 0.5) is 0 Å². The lowest BCUT2D eigenvalue weighted by Gasteiger charge is -2.11. The third kappa shape index (κ3) is 3.83. The van der Waals surface area contributed by atoms with Gasteiger partial charge in [0.15, 0.2) is 0 Å². The Hall–Kier alpha value is -1.83. The summed E-state index contributed by atoms with van der Waals surface area (Å²) < 4.78 is 6.39. The second-order valence-corrected chi connectivity index (χ2v) is 5.19. The van der Waals surface area contributed by atoms with Crippen LogP contribution < -0.4 is 4.74 Å². The van der Waals surface area contributed by atoms with Crippen LogP contribution in [0, 0.1) is 11.3 Å². The van der Waals surface area contributed by atoms with E-state index in [1.165, 1.54) is 0 Å². The summed E-state index contributed by atoms with van der Waals surface area (Å²) in [6, 6.07) is 17.6. The molecule has 0 bridgehead atoms. The van der Waals surface area contributed by atoms with Crippen LogP contribution in [0.3, 0.4) is 0 Å². The summed E-state index contributed by atoms with van der Waals surface area (Å²) in [5.74, 6) is 0.661. The highest BCUT2D eigenvalue weighted by Gasteiger charge is 2.07. The van der Waals surface area contributed by atoms with Crippen molar-refractivity contribution in [3.05, 3.63) is 53.0 Å². The fourth-order valence-electron chi connectivity index (χ4n) is 1.79. The molecule has 3 nitrogen and oxygen atoms in total. The Balaban J connectivity index is 2.09. The van der Waals surface area contributed by atoms with Gasteiger partial charge in [0, 0.05) is 4.47 Å². The third-order valence-corrected chi connectivity index (χ3v) is 3.45. The highest BCUT2D eigenvalue weighted by molar-refractivity contribution is 9.10. The Bertz CT molecular complexity index is 608. The van der Waals surface area contributed by atoms with Crippen molar-refractivity contribution < 1.29 is 9.84 Å². The monoisotopic (exact) mass is 331 g/mol. The number of benzene rings is 2. The molecule has 2 aromatic carbocycles. The average Bonchev–Trinajstić information content (AvgIpc) is 2.46. The number of aliphatic hydroxyl groups is 1. The van der Waals surface area contributed by atoms with Crippen molar-refractivity contribution in [1.29, 1.82) is 5.26 Å². The first-order valence-corrected chi connectivity index (χ1v) is 7.03. The van der Waals surface area contributed by atoms with E-state index in [1.807, 2.05) is 54.6 Å². The van der Waals surface area contributed by atoms with Crippen LogP contribution in [0.1, 0.15) is 6.42 Å². The molecular formula is C16H14BrNO2. The molecule has 0 aliphatic heterocycles. The average molecular weight is 332 g/mol. The lowest BCUT2D eigenvalue weighted by Crippen LogP contribution is -2.16. The van der Waals surface area contributed by atoms with Gasteiger partial charge in [0.05, 0.1) is 12.5 Å². The summed E-state index contributed by atoms with van der Waals surface area (Å²) >= 11 is 3.53. The Morgan fingerprint density at radius 1 is 1.20 bits per heavy atom. The summed E-state index contributed by atoms with van der Waals surface area (Å²) in [5.41, 5.74) is 2.20.